The van der Waals surface area contributed by atoms with Crippen molar-refractivity contribution in [2.45, 2.75) is 44.6 Å². The van der Waals surface area contributed by atoms with Gasteiger partial charge in [0.15, 0.2) is 0 Å². The van der Waals surface area contributed by atoms with Crippen molar-refractivity contribution in [3.05, 3.63) is 82.1 Å². The normalized spacial score (nSPS) is 23.8. The number of hydrogen-bond donors (Lipinski definition) is 1. The van der Waals surface area contributed by atoms with Crippen LogP contribution in [0.1, 0.15) is 48.9 Å². The number of nitrogens with one attached hydrogen (secondary N) is 1. The van der Waals surface area contributed by atoms with Crippen LogP contribution >= 0.6 is 11.3 Å². The number of thiophene rings is 1. The summed E-state index contributed by atoms with van der Waals surface area (Å²) in [7, 11) is 0. The third kappa shape index (κ3) is 4.92. The number of amides is 1. The van der Waals surface area contributed by atoms with Crippen LogP contribution in [0.3, 0.4) is 0 Å². The lowest BCUT2D eigenvalue weighted by Crippen LogP contribution is -2.43. The Morgan fingerprint density at radius 3 is 2.94 bits per heavy atom. The molecule has 0 radical (unpaired) electrons. The minimum absolute atomic E-state index is 0.183. The van der Waals surface area contributed by atoms with E-state index in [4.69, 9.17) is 4.74 Å². The first-order valence-corrected chi connectivity index (χ1v) is 12.9. The number of alkyl carbamates (subject to hydrolysis) is 1. The van der Waals surface area contributed by atoms with Crippen LogP contribution in [0.4, 0.5) is 9.18 Å². The van der Waals surface area contributed by atoms with E-state index in [9.17, 15) is 9.18 Å². The van der Waals surface area contributed by atoms with E-state index in [-0.39, 0.29) is 18.0 Å². The molecule has 6 heteroatoms. The molecule has 0 aliphatic heterocycles. The van der Waals surface area contributed by atoms with E-state index in [0.717, 1.165) is 42.5 Å². The van der Waals surface area contributed by atoms with Gasteiger partial charge in [-0.2, -0.15) is 11.3 Å². The van der Waals surface area contributed by atoms with E-state index in [1.165, 1.54) is 23.3 Å². The summed E-state index contributed by atoms with van der Waals surface area (Å²) in [5.74, 6) is 1.21. The molecule has 1 fully saturated rings. The van der Waals surface area contributed by atoms with Gasteiger partial charge in [0.05, 0.1) is 12.3 Å². The molecule has 2 heterocycles. The Balaban J connectivity index is 1.32. The zero-order valence-corrected chi connectivity index (χ0v) is 20.1. The van der Waals surface area contributed by atoms with E-state index in [0.29, 0.717) is 24.4 Å². The molecule has 0 saturated heterocycles. The van der Waals surface area contributed by atoms with Gasteiger partial charge >= 0.3 is 6.09 Å². The summed E-state index contributed by atoms with van der Waals surface area (Å²) in [6, 6.07) is 10.8. The molecular formula is C28H29FN2O2S. The number of rotatable bonds is 5. The molecule has 5 rings (SSSR count). The van der Waals surface area contributed by atoms with Crippen LogP contribution in [-0.4, -0.2) is 23.7 Å². The van der Waals surface area contributed by atoms with Crippen LogP contribution in [0.15, 0.2) is 59.4 Å². The second-order valence-electron chi connectivity index (χ2n) is 9.22. The fraction of sp³-hybridized carbons (Fsp3) is 0.357. The van der Waals surface area contributed by atoms with Gasteiger partial charge in [0.1, 0.15) is 5.82 Å². The summed E-state index contributed by atoms with van der Waals surface area (Å²) in [5, 5.41) is 7.63. The number of aromatic nitrogens is 1. The number of fused-ring (bicyclic) bond motifs is 2. The maximum atomic E-state index is 13.6. The number of benzene rings is 1. The Kier molecular flexibility index (Phi) is 6.77. The summed E-state index contributed by atoms with van der Waals surface area (Å²) < 4.78 is 18.6. The number of ether oxygens (including phenoxy) is 1. The maximum absolute atomic E-state index is 13.6. The highest BCUT2D eigenvalue weighted by molar-refractivity contribution is 7.08. The van der Waals surface area contributed by atoms with Crippen molar-refractivity contribution in [2.75, 3.05) is 6.61 Å². The van der Waals surface area contributed by atoms with Crippen LogP contribution in [0.5, 0.6) is 0 Å². The van der Waals surface area contributed by atoms with Gasteiger partial charge in [-0.3, -0.25) is 4.98 Å². The van der Waals surface area contributed by atoms with E-state index in [2.05, 4.69) is 33.2 Å². The highest BCUT2D eigenvalue weighted by Gasteiger charge is 2.40. The van der Waals surface area contributed by atoms with Crippen molar-refractivity contribution in [2.24, 2.45) is 11.8 Å². The van der Waals surface area contributed by atoms with Crippen molar-refractivity contribution in [3.63, 3.8) is 0 Å². The fourth-order valence-corrected chi connectivity index (χ4v) is 6.48. The maximum Gasteiger partial charge on any atom is 0.407 e. The lowest BCUT2D eigenvalue weighted by Gasteiger charge is -2.43. The van der Waals surface area contributed by atoms with Crippen LogP contribution < -0.4 is 5.32 Å². The molecule has 0 bridgehead atoms. The monoisotopic (exact) mass is 476 g/mol. The van der Waals surface area contributed by atoms with Gasteiger partial charge in [-0.15, -0.1) is 0 Å². The Hall–Kier alpha value is -2.99. The highest BCUT2D eigenvalue weighted by atomic mass is 32.1. The number of nitrogens with zero attached hydrogens (tertiary/aromatic N) is 1. The van der Waals surface area contributed by atoms with E-state index in [1.807, 2.05) is 25.1 Å². The molecule has 4 atom stereocenters. The SMILES string of the molecule is CCOC(=O)N[C@H]1CC[C@@H]2[C@H](Cc3cscc3[C@H]2/C=C/c2ccc(-c3cccc(F)c3)cn2)C1. The first-order chi connectivity index (χ1) is 16.6. The van der Waals surface area contributed by atoms with Gasteiger partial charge in [-0.1, -0.05) is 24.3 Å². The second kappa shape index (κ2) is 10.1. The van der Waals surface area contributed by atoms with Crippen LogP contribution in [-0.2, 0) is 11.2 Å². The average molecular weight is 477 g/mol. The molecular weight excluding hydrogens is 447 g/mol. The standard InChI is InChI=1S/C28H29FN2O2S/c1-2-33-28(32)31-24-9-10-25-20(14-24)12-21-16-34-17-27(21)26(25)11-8-23-7-6-19(15-30-23)18-4-3-5-22(29)13-18/h3-8,11,13,15-17,20,24-26H,2,9-10,12,14H2,1H3,(H,31,32)/b11-8+/t20-,24+,25-,26+/m1/s1. The summed E-state index contributed by atoms with van der Waals surface area (Å²) in [5.41, 5.74) is 5.51. The molecule has 1 N–H and O–H groups in total. The van der Waals surface area contributed by atoms with Crippen molar-refractivity contribution in [1.82, 2.24) is 10.3 Å². The van der Waals surface area contributed by atoms with Crippen LogP contribution in [0, 0.1) is 17.7 Å². The Labute approximate surface area is 203 Å². The molecule has 1 amide bonds. The van der Waals surface area contributed by atoms with Crippen LogP contribution in [0.25, 0.3) is 17.2 Å². The van der Waals surface area contributed by atoms with Gasteiger partial charge in [0.25, 0.3) is 0 Å². The fourth-order valence-electron chi connectivity index (χ4n) is 5.56. The minimum Gasteiger partial charge on any atom is -0.450 e. The highest BCUT2D eigenvalue weighted by Crippen LogP contribution is 2.48. The molecule has 2 aliphatic rings. The molecule has 1 saturated carbocycles. The number of allylic oxidation sites excluding steroid dienone is 1. The smallest absolute Gasteiger partial charge is 0.407 e. The third-order valence-corrected chi connectivity index (χ3v) is 7.95. The van der Waals surface area contributed by atoms with Crippen molar-refractivity contribution in [3.8, 4) is 11.1 Å². The van der Waals surface area contributed by atoms with E-state index >= 15 is 0 Å². The molecule has 34 heavy (non-hydrogen) atoms. The van der Waals surface area contributed by atoms with E-state index < -0.39 is 0 Å². The number of hydrogen-bond acceptors (Lipinski definition) is 4. The average Bonchev–Trinajstić information content (AvgIpc) is 3.30. The first-order valence-electron chi connectivity index (χ1n) is 12.0. The third-order valence-electron chi connectivity index (χ3n) is 7.14. The minimum atomic E-state index is -0.304. The van der Waals surface area contributed by atoms with Gasteiger partial charge in [-0.25, -0.2) is 9.18 Å². The Morgan fingerprint density at radius 2 is 2.15 bits per heavy atom. The van der Waals surface area contributed by atoms with Gasteiger partial charge in [0, 0.05) is 23.7 Å². The molecule has 2 aliphatic carbocycles. The zero-order valence-electron chi connectivity index (χ0n) is 19.2. The summed E-state index contributed by atoms with van der Waals surface area (Å²) >= 11 is 1.78. The summed E-state index contributed by atoms with van der Waals surface area (Å²) in [6.45, 7) is 2.23. The zero-order chi connectivity index (χ0) is 23.5. The molecule has 0 unspecified atom stereocenters. The van der Waals surface area contributed by atoms with E-state index in [1.54, 1.807) is 23.6 Å². The molecule has 2 aromatic heterocycles. The number of halogens is 1. The number of pyridine rings is 1. The lowest BCUT2D eigenvalue weighted by molar-refractivity contribution is 0.129. The predicted octanol–water partition coefficient (Wildman–Crippen LogP) is 6.83. The van der Waals surface area contributed by atoms with Crippen LogP contribution in [0.2, 0.25) is 0 Å². The summed E-state index contributed by atoms with van der Waals surface area (Å²) in [4.78, 5) is 16.5. The van der Waals surface area contributed by atoms with Gasteiger partial charge < -0.3 is 10.1 Å². The second-order valence-corrected chi connectivity index (χ2v) is 9.97. The quantitative estimate of drug-likeness (QED) is 0.439. The van der Waals surface area contributed by atoms with Crippen molar-refractivity contribution >= 4 is 23.5 Å². The van der Waals surface area contributed by atoms with Gasteiger partial charge in [-0.05, 0) is 96.2 Å². The molecule has 1 aromatic carbocycles. The first kappa shape index (κ1) is 22.8. The van der Waals surface area contributed by atoms with Crippen molar-refractivity contribution < 1.29 is 13.9 Å². The topological polar surface area (TPSA) is 51.2 Å². The van der Waals surface area contributed by atoms with Crippen molar-refractivity contribution in [1.29, 1.82) is 0 Å². The number of carbonyl (C=O) groups is 1. The van der Waals surface area contributed by atoms with Gasteiger partial charge in [0.2, 0.25) is 0 Å². The Morgan fingerprint density at radius 1 is 1.24 bits per heavy atom. The molecule has 3 aromatic rings. The molecule has 0 spiro atoms. The Bertz CT molecular complexity index is 1170. The molecule has 176 valence electrons. The molecule has 4 nitrogen and oxygen atoms in total. The lowest BCUT2D eigenvalue weighted by atomic mass is 9.63. The number of carbonyl (C=O) groups excluding carboxylic acids is 1. The largest absolute Gasteiger partial charge is 0.450 e. The summed E-state index contributed by atoms with van der Waals surface area (Å²) in [6.07, 6.45) is 10.1. The predicted molar refractivity (Wildman–Crippen MR) is 134 cm³/mol.